The van der Waals surface area contributed by atoms with Crippen LogP contribution in [0.4, 0.5) is 0 Å². The Balaban J connectivity index is 1.53. The fourth-order valence-electron chi connectivity index (χ4n) is 4.32. The number of rotatable bonds is 4. The molecular formula is C21H26N6O. The molecule has 146 valence electrons. The van der Waals surface area contributed by atoms with Crippen LogP contribution in [0.1, 0.15) is 50.9 Å². The van der Waals surface area contributed by atoms with Crippen LogP contribution in [0.5, 0.6) is 0 Å². The Morgan fingerprint density at radius 1 is 1.36 bits per heavy atom. The fraction of sp³-hybridized carbons (Fsp3) is 0.429. The number of H-pyrrole nitrogens is 1. The molecule has 2 heterocycles. The van der Waals surface area contributed by atoms with Gasteiger partial charge in [-0.1, -0.05) is 32.9 Å². The number of hydrogen-bond acceptors (Lipinski definition) is 4. The highest BCUT2D eigenvalue weighted by atomic mass is 16.2. The lowest BCUT2D eigenvalue weighted by Crippen LogP contribution is -2.45. The normalized spacial score (nSPS) is 24.2. The quantitative estimate of drug-likeness (QED) is 0.539. The molecule has 1 aliphatic rings. The highest BCUT2D eigenvalue weighted by Crippen LogP contribution is 2.59. The lowest BCUT2D eigenvalue weighted by molar-refractivity contribution is -0.135. The van der Waals surface area contributed by atoms with Crippen molar-refractivity contribution in [2.24, 2.45) is 23.0 Å². The number of imidazole rings is 1. The number of aryl methyl sites for hydroxylation is 1. The molecule has 4 rings (SSSR count). The van der Waals surface area contributed by atoms with Crippen LogP contribution in [-0.4, -0.2) is 31.9 Å². The Morgan fingerprint density at radius 3 is 2.86 bits per heavy atom. The molecule has 7 heteroatoms. The van der Waals surface area contributed by atoms with Crippen molar-refractivity contribution in [2.45, 2.75) is 39.5 Å². The smallest absolute Gasteiger partial charge is 0.246 e. The first kappa shape index (κ1) is 18.4. The Hall–Kier alpha value is -2.96. The van der Waals surface area contributed by atoms with Gasteiger partial charge in [0, 0.05) is 24.7 Å². The molecule has 1 aliphatic carbocycles. The van der Waals surface area contributed by atoms with Crippen LogP contribution in [0.3, 0.4) is 0 Å². The zero-order chi connectivity index (χ0) is 19.9. The molecule has 7 nitrogen and oxygen atoms in total. The predicted octanol–water partition coefficient (Wildman–Crippen LogP) is 3.36. The highest BCUT2D eigenvalue weighted by Gasteiger charge is 2.57. The predicted molar refractivity (Wildman–Crippen MR) is 109 cm³/mol. The van der Waals surface area contributed by atoms with Gasteiger partial charge in [-0.05, 0) is 30.4 Å². The van der Waals surface area contributed by atoms with E-state index < -0.39 is 5.41 Å². The minimum Gasteiger partial charge on any atom is -0.342 e. The summed E-state index contributed by atoms with van der Waals surface area (Å²) in [7, 11) is 1.84. The zero-order valence-electron chi connectivity index (χ0n) is 16.7. The molecule has 0 aliphatic heterocycles. The number of para-hydroxylation sites is 2. The fourth-order valence-corrected chi connectivity index (χ4v) is 4.32. The molecule has 2 N–H and O–H groups in total. The van der Waals surface area contributed by atoms with E-state index in [-0.39, 0.29) is 17.2 Å². The van der Waals surface area contributed by atoms with Gasteiger partial charge < -0.3 is 4.98 Å². The van der Waals surface area contributed by atoms with Crippen molar-refractivity contribution in [3.63, 3.8) is 0 Å². The Labute approximate surface area is 164 Å². The first-order chi connectivity index (χ1) is 13.3. The SMILES string of the molecule is Cn1cc(/C=N\NC(=O)[C@@]2(C)CC[C@@H](c3nc4ccccc4[nH]3)C2(C)C)cn1. The second kappa shape index (κ2) is 6.58. The van der Waals surface area contributed by atoms with Gasteiger partial charge in [-0.15, -0.1) is 0 Å². The molecule has 0 saturated heterocycles. The van der Waals surface area contributed by atoms with Gasteiger partial charge in [0.05, 0.1) is 28.9 Å². The van der Waals surface area contributed by atoms with Crippen LogP contribution in [0.2, 0.25) is 0 Å². The summed E-state index contributed by atoms with van der Waals surface area (Å²) in [5.41, 5.74) is 4.78. The largest absolute Gasteiger partial charge is 0.342 e. The van der Waals surface area contributed by atoms with Crippen molar-refractivity contribution in [1.29, 1.82) is 0 Å². The lowest BCUT2D eigenvalue weighted by Gasteiger charge is -2.39. The van der Waals surface area contributed by atoms with Crippen molar-refractivity contribution in [2.75, 3.05) is 0 Å². The number of carbonyl (C=O) groups is 1. The van der Waals surface area contributed by atoms with E-state index in [9.17, 15) is 4.79 Å². The van der Waals surface area contributed by atoms with Gasteiger partial charge in [0.15, 0.2) is 0 Å². The number of aromatic nitrogens is 4. The molecule has 1 fully saturated rings. The molecule has 28 heavy (non-hydrogen) atoms. The van der Waals surface area contributed by atoms with Crippen molar-refractivity contribution >= 4 is 23.2 Å². The molecular weight excluding hydrogens is 352 g/mol. The van der Waals surface area contributed by atoms with Crippen molar-refractivity contribution in [3.8, 4) is 0 Å². The minimum absolute atomic E-state index is 0.0590. The van der Waals surface area contributed by atoms with E-state index >= 15 is 0 Å². The summed E-state index contributed by atoms with van der Waals surface area (Å²) in [4.78, 5) is 21.3. The van der Waals surface area contributed by atoms with Crippen molar-refractivity contribution in [3.05, 3.63) is 48.0 Å². The standard InChI is InChI=1S/C21H26N6O/c1-20(2)15(18-24-16-7-5-6-8-17(16)25-18)9-10-21(20,3)19(28)26-22-11-14-12-23-27(4)13-14/h5-8,11-13,15H,9-10H2,1-4H3,(H,24,25)(H,26,28)/b22-11-/t15-,21+/m0/s1. The number of nitrogens with zero attached hydrogens (tertiary/aromatic N) is 4. The number of hydrogen-bond donors (Lipinski definition) is 2. The van der Waals surface area contributed by atoms with Crippen LogP contribution in [0, 0.1) is 10.8 Å². The van der Waals surface area contributed by atoms with Crippen LogP contribution in [-0.2, 0) is 11.8 Å². The highest BCUT2D eigenvalue weighted by molar-refractivity contribution is 5.86. The van der Waals surface area contributed by atoms with Gasteiger partial charge in [-0.2, -0.15) is 10.2 Å². The second-order valence-electron chi connectivity index (χ2n) is 8.43. The van der Waals surface area contributed by atoms with E-state index in [1.807, 2.05) is 44.4 Å². The molecule has 3 aromatic rings. The minimum atomic E-state index is -0.539. The van der Waals surface area contributed by atoms with E-state index in [2.05, 4.69) is 34.5 Å². The summed E-state index contributed by atoms with van der Waals surface area (Å²) in [6, 6.07) is 8.04. The van der Waals surface area contributed by atoms with Crippen LogP contribution < -0.4 is 5.43 Å². The maximum absolute atomic E-state index is 13.1. The molecule has 0 spiro atoms. The molecule has 2 aromatic heterocycles. The zero-order valence-corrected chi connectivity index (χ0v) is 16.7. The number of aromatic amines is 1. The van der Waals surface area contributed by atoms with Crippen LogP contribution in [0.25, 0.3) is 11.0 Å². The lowest BCUT2D eigenvalue weighted by atomic mass is 9.65. The summed E-state index contributed by atoms with van der Waals surface area (Å²) in [5.74, 6) is 1.08. The molecule has 0 unspecified atom stereocenters. The van der Waals surface area contributed by atoms with Crippen LogP contribution in [0.15, 0.2) is 41.8 Å². The second-order valence-corrected chi connectivity index (χ2v) is 8.43. The number of hydrazone groups is 1. The summed E-state index contributed by atoms with van der Waals surface area (Å²) in [6.07, 6.45) is 6.86. The summed E-state index contributed by atoms with van der Waals surface area (Å²) in [6.45, 7) is 6.34. The molecule has 2 atom stereocenters. The Morgan fingerprint density at radius 2 is 2.14 bits per heavy atom. The monoisotopic (exact) mass is 378 g/mol. The van der Waals surface area contributed by atoms with Crippen molar-refractivity contribution < 1.29 is 4.79 Å². The van der Waals surface area contributed by atoms with Gasteiger partial charge in [0.25, 0.3) is 0 Å². The van der Waals surface area contributed by atoms with E-state index in [0.29, 0.717) is 0 Å². The maximum Gasteiger partial charge on any atom is 0.246 e. The van der Waals surface area contributed by atoms with Gasteiger partial charge in [0.2, 0.25) is 5.91 Å². The molecule has 1 amide bonds. The Bertz CT molecular complexity index is 1010. The third kappa shape index (κ3) is 2.91. The summed E-state index contributed by atoms with van der Waals surface area (Å²) >= 11 is 0. The number of benzene rings is 1. The number of amides is 1. The third-order valence-corrected chi connectivity index (χ3v) is 6.57. The maximum atomic E-state index is 13.1. The van der Waals surface area contributed by atoms with Crippen LogP contribution >= 0.6 is 0 Å². The van der Waals surface area contributed by atoms with Gasteiger partial charge in [0.1, 0.15) is 5.82 Å². The number of nitrogens with one attached hydrogen (secondary N) is 2. The Kier molecular flexibility index (Phi) is 4.33. The molecule has 0 bridgehead atoms. The van der Waals surface area contributed by atoms with Gasteiger partial charge in [-0.25, -0.2) is 10.4 Å². The van der Waals surface area contributed by atoms with E-state index in [1.165, 1.54) is 0 Å². The van der Waals surface area contributed by atoms with E-state index in [4.69, 9.17) is 4.98 Å². The van der Waals surface area contributed by atoms with E-state index in [0.717, 1.165) is 35.3 Å². The van der Waals surface area contributed by atoms with Gasteiger partial charge >= 0.3 is 0 Å². The summed E-state index contributed by atoms with van der Waals surface area (Å²) in [5, 5.41) is 8.23. The van der Waals surface area contributed by atoms with E-state index in [1.54, 1.807) is 17.1 Å². The first-order valence-electron chi connectivity index (χ1n) is 9.58. The number of carbonyl (C=O) groups excluding carboxylic acids is 1. The molecule has 1 saturated carbocycles. The average molecular weight is 378 g/mol. The van der Waals surface area contributed by atoms with Crippen molar-refractivity contribution in [1.82, 2.24) is 25.2 Å². The summed E-state index contributed by atoms with van der Waals surface area (Å²) < 4.78 is 1.70. The van der Waals surface area contributed by atoms with Gasteiger partial charge in [-0.3, -0.25) is 9.48 Å². The topological polar surface area (TPSA) is 88.0 Å². The number of fused-ring (bicyclic) bond motifs is 1. The third-order valence-electron chi connectivity index (χ3n) is 6.57. The molecule has 1 aromatic carbocycles. The molecule has 0 radical (unpaired) electrons. The average Bonchev–Trinajstić information content (AvgIpc) is 3.32. The first-order valence-corrected chi connectivity index (χ1v) is 9.58.